The second kappa shape index (κ2) is 23.7. The molecule has 0 aliphatic rings. The first-order chi connectivity index (χ1) is 31.5. The van der Waals surface area contributed by atoms with Crippen molar-refractivity contribution in [2.75, 3.05) is 35.5 Å². The molecule has 2 unspecified atom stereocenters. The summed E-state index contributed by atoms with van der Waals surface area (Å²) in [5, 5.41) is 27.0. The zero-order chi connectivity index (χ0) is 48.1. The third-order valence-corrected chi connectivity index (χ3v) is 10.6. The van der Waals surface area contributed by atoms with Gasteiger partial charge in [0.05, 0.1) is 25.6 Å². The number of amides is 4. The fraction of sp³-hybridized carbons (Fsp3) is 0.200. The summed E-state index contributed by atoms with van der Waals surface area (Å²) < 4.78 is 10.4. The van der Waals surface area contributed by atoms with E-state index in [1.807, 2.05) is 0 Å². The number of hydrogen-bond acceptors (Lipinski definition) is 12. The molecule has 0 saturated heterocycles. The summed E-state index contributed by atoms with van der Waals surface area (Å²) in [5.41, 5.74) is 3.19. The fourth-order valence-corrected chi connectivity index (χ4v) is 7.10. The number of ketones is 2. The minimum absolute atomic E-state index is 0.0796. The Morgan fingerprint density at radius 2 is 0.909 bits per heavy atom. The number of ether oxygens (including phenoxy) is 2. The summed E-state index contributed by atoms with van der Waals surface area (Å²) in [6.07, 6.45) is 0. The van der Waals surface area contributed by atoms with Gasteiger partial charge in [0, 0.05) is 61.6 Å². The molecule has 5 aromatic rings. The van der Waals surface area contributed by atoms with Gasteiger partial charge in [-0.2, -0.15) is 20.5 Å². The lowest BCUT2D eigenvalue weighted by Gasteiger charge is -2.15. The molecule has 0 aliphatic carbocycles. The van der Waals surface area contributed by atoms with Crippen molar-refractivity contribution >= 4 is 127 Å². The Morgan fingerprint density at radius 3 is 1.32 bits per heavy atom. The number of anilines is 4. The van der Waals surface area contributed by atoms with Crippen molar-refractivity contribution in [3.63, 3.8) is 0 Å². The van der Waals surface area contributed by atoms with E-state index in [1.54, 1.807) is 36.4 Å². The quantitative estimate of drug-likeness (QED) is 0.0353. The smallest absolute Gasteiger partial charge is 0.258 e. The molecule has 0 bridgehead atoms. The number of carbonyl (C=O) groups is 6. The van der Waals surface area contributed by atoms with Crippen LogP contribution in [0.2, 0.25) is 10.0 Å². The number of Topliss-reactive ketones (excluding diaryl/α,β-unsaturated/α-hetero) is 2. The van der Waals surface area contributed by atoms with Gasteiger partial charge in [0.25, 0.3) is 23.6 Å². The van der Waals surface area contributed by atoms with E-state index in [0.717, 1.165) is 13.8 Å². The second-order valence-electron chi connectivity index (χ2n) is 14.1. The number of halogens is 5. The number of alkyl halides is 3. The maximum atomic E-state index is 13.4. The highest BCUT2D eigenvalue weighted by molar-refractivity contribution is 6.32. The molecule has 5 aromatic carbocycles. The number of methoxy groups -OCH3 is 2. The van der Waals surface area contributed by atoms with Gasteiger partial charge in [-0.25, -0.2) is 0 Å². The van der Waals surface area contributed by atoms with Crippen LogP contribution in [0.15, 0.2) is 111 Å². The first-order valence-electron chi connectivity index (χ1n) is 19.4. The monoisotopic (exact) mass is 994 g/mol. The normalized spacial score (nSPS) is 12.0. The lowest BCUT2D eigenvalue weighted by molar-refractivity contribution is -0.127. The summed E-state index contributed by atoms with van der Waals surface area (Å²) in [5.74, 6) is -2.93. The van der Waals surface area contributed by atoms with E-state index < -0.39 is 47.3 Å². The molecule has 0 aromatic heterocycles. The third-order valence-electron chi connectivity index (χ3n) is 9.32. The molecule has 0 aliphatic heterocycles. The highest BCUT2D eigenvalue weighted by atomic mass is 35.5. The van der Waals surface area contributed by atoms with Crippen molar-refractivity contribution in [3.05, 3.63) is 129 Å². The molecule has 0 spiro atoms. The number of rotatable bonds is 19. The Kier molecular flexibility index (Phi) is 18.1. The van der Waals surface area contributed by atoms with Crippen molar-refractivity contribution in [1.29, 1.82) is 0 Å². The second-order valence-corrected chi connectivity index (χ2v) is 15.7. The zero-order valence-corrected chi connectivity index (χ0v) is 39.2. The highest BCUT2D eigenvalue weighted by Gasteiger charge is 2.26. The van der Waals surface area contributed by atoms with Crippen LogP contribution >= 0.6 is 58.0 Å². The molecule has 0 saturated carbocycles. The van der Waals surface area contributed by atoms with E-state index in [4.69, 9.17) is 67.5 Å². The van der Waals surface area contributed by atoms with Crippen molar-refractivity contribution in [1.82, 2.24) is 0 Å². The van der Waals surface area contributed by atoms with Gasteiger partial charge < -0.3 is 30.7 Å². The Labute approximate surface area is 403 Å². The molecule has 5 rings (SSSR count). The maximum absolute atomic E-state index is 13.4. The summed E-state index contributed by atoms with van der Waals surface area (Å²) in [6.45, 7) is 2.30. The molecule has 4 N–H and O–H groups in total. The number of nitrogens with zero attached hydrogens (tertiary/aromatic N) is 4. The molecule has 16 nitrogen and oxygen atoms in total. The lowest BCUT2D eigenvalue weighted by Crippen LogP contribution is -2.32. The molecule has 21 heteroatoms. The number of nitrogens with one attached hydrogen (secondary N) is 4. The van der Waals surface area contributed by atoms with Crippen LogP contribution in [0.3, 0.4) is 0 Å². The Hall–Kier alpha value is -6.43. The summed E-state index contributed by atoms with van der Waals surface area (Å²) in [4.78, 5) is 78.4. The SMILES string of the molecule is COc1ccc(NC(=O)c2cc(Cl)cc(N=NC(C(C)=O)C(=O)Nc3ccc(NC(=O)C(N=Nc4cc(Cl)cc(C(=O)Nc5ccc(OC)cc5CCl)c4)C(C)=O)c(CCl)c3)c2)c(CCl)c1. The number of hydrogen-bond donors (Lipinski definition) is 4. The summed E-state index contributed by atoms with van der Waals surface area (Å²) in [6, 6.07) is 19.4. The van der Waals surface area contributed by atoms with Crippen molar-refractivity contribution in [2.24, 2.45) is 20.5 Å². The minimum atomic E-state index is -1.63. The molecule has 66 heavy (non-hydrogen) atoms. The summed E-state index contributed by atoms with van der Waals surface area (Å²) in [7, 11) is 3.02. The number of benzene rings is 5. The lowest BCUT2D eigenvalue weighted by atomic mass is 10.1. The van der Waals surface area contributed by atoms with Gasteiger partial charge >= 0.3 is 0 Å². The zero-order valence-electron chi connectivity index (χ0n) is 35.4. The minimum Gasteiger partial charge on any atom is -0.497 e. The predicted molar refractivity (Wildman–Crippen MR) is 255 cm³/mol. The largest absolute Gasteiger partial charge is 0.497 e. The van der Waals surface area contributed by atoms with Crippen LogP contribution in [0.4, 0.5) is 34.1 Å². The Morgan fingerprint density at radius 1 is 0.515 bits per heavy atom. The van der Waals surface area contributed by atoms with Crippen LogP contribution < -0.4 is 30.7 Å². The Balaban J connectivity index is 1.26. The molecule has 4 amide bonds. The Bertz CT molecular complexity index is 2750. The number of azo groups is 2. The first-order valence-corrected chi connectivity index (χ1v) is 21.7. The van der Waals surface area contributed by atoms with Crippen LogP contribution in [0.5, 0.6) is 11.5 Å². The van der Waals surface area contributed by atoms with E-state index in [2.05, 4.69) is 41.7 Å². The van der Waals surface area contributed by atoms with Crippen molar-refractivity contribution < 1.29 is 38.2 Å². The molecule has 0 radical (unpaired) electrons. The molecular formula is C45H39Cl5N8O8. The van der Waals surface area contributed by atoms with Gasteiger partial charge in [-0.15, -0.1) is 34.8 Å². The van der Waals surface area contributed by atoms with Gasteiger partial charge in [-0.1, -0.05) is 23.2 Å². The molecule has 0 heterocycles. The maximum Gasteiger partial charge on any atom is 0.258 e. The molecule has 342 valence electrons. The van der Waals surface area contributed by atoms with E-state index in [0.29, 0.717) is 39.6 Å². The average molecular weight is 997 g/mol. The van der Waals surface area contributed by atoms with Crippen molar-refractivity contribution in [3.8, 4) is 11.5 Å². The third kappa shape index (κ3) is 13.6. The van der Waals surface area contributed by atoms with Gasteiger partial charge in [0.1, 0.15) is 11.5 Å². The van der Waals surface area contributed by atoms with E-state index in [9.17, 15) is 28.8 Å². The van der Waals surface area contributed by atoms with Gasteiger partial charge in [0.15, 0.2) is 11.6 Å². The van der Waals surface area contributed by atoms with Crippen LogP contribution in [0, 0.1) is 0 Å². The van der Waals surface area contributed by atoms with Crippen molar-refractivity contribution in [2.45, 2.75) is 43.6 Å². The van der Waals surface area contributed by atoms with E-state index in [1.165, 1.54) is 68.8 Å². The van der Waals surface area contributed by atoms with Gasteiger partial charge in [-0.05, 0) is 122 Å². The standard InChI is InChI=1S/C45H39Cl5N8O8/c1-23(59)40(57-55-33-13-25(11-30(49)18-33)42(61)52-38-9-6-35(65-3)16-28(38)21-47)44(63)51-32-5-8-37(27(15-32)20-46)54-45(64)41(24(2)60)58-56-34-14-26(12-31(50)19-34)43(62)53-39-10-7-36(66-4)17-29(39)22-48/h5-19,40-41H,20-22H2,1-4H3,(H,51,63)(H,52,61)(H,53,62)(H,54,64). The van der Waals surface area contributed by atoms with E-state index >= 15 is 0 Å². The fourth-order valence-electron chi connectivity index (χ4n) is 5.98. The topological polar surface area (TPSA) is 218 Å². The van der Waals surface area contributed by atoms with Gasteiger partial charge in [-0.3, -0.25) is 28.8 Å². The van der Waals surface area contributed by atoms with E-state index in [-0.39, 0.29) is 61.6 Å². The molecular weight excluding hydrogens is 958 g/mol. The molecule has 2 atom stereocenters. The van der Waals surface area contributed by atoms with Crippen LogP contribution in [-0.2, 0) is 36.8 Å². The highest BCUT2D eigenvalue weighted by Crippen LogP contribution is 2.30. The number of carbonyl (C=O) groups excluding carboxylic acids is 6. The molecule has 0 fully saturated rings. The van der Waals surface area contributed by atoms with Crippen LogP contribution in [0.1, 0.15) is 51.3 Å². The van der Waals surface area contributed by atoms with Crippen LogP contribution in [0.25, 0.3) is 0 Å². The van der Waals surface area contributed by atoms with Gasteiger partial charge in [0.2, 0.25) is 12.1 Å². The van der Waals surface area contributed by atoms with Crippen LogP contribution in [-0.4, -0.2) is 61.5 Å². The average Bonchev–Trinajstić information content (AvgIpc) is 3.29. The first kappa shape index (κ1) is 50.6. The predicted octanol–water partition coefficient (Wildman–Crippen LogP) is 11.1. The summed E-state index contributed by atoms with van der Waals surface area (Å²) >= 11 is 31.0.